The SMILES string of the molecule is CCOCCN1CCN(c2cccc(C)c2)CC1. The van der Waals surface area contributed by atoms with Gasteiger partial charge in [-0.15, -0.1) is 0 Å². The van der Waals surface area contributed by atoms with E-state index < -0.39 is 0 Å². The van der Waals surface area contributed by atoms with E-state index in [1.54, 1.807) is 0 Å². The zero-order chi connectivity index (χ0) is 12.8. The summed E-state index contributed by atoms with van der Waals surface area (Å²) in [6.07, 6.45) is 0. The summed E-state index contributed by atoms with van der Waals surface area (Å²) in [7, 11) is 0. The van der Waals surface area contributed by atoms with E-state index in [1.165, 1.54) is 11.3 Å². The Labute approximate surface area is 110 Å². The second-order valence-corrected chi connectivity index (χ2v) is 4.86. The summed E-state index contributed by atoms with van der Waals surface area (Å²) in [5.74, 6) is 0. The van der Waals surface area contributed by atoms with E-state index in [2.05, 4.69) is 47.9 Å². The van der Waals surface area contributed by atoms with Gasteiger partial charge in [0, 0.05) is 45.0 Å². The van der Waals surface area contributed by atoms with Crippen molar-refractivity contribution >= 4 is 5.69 Å². The van der Waals surface area contributed by atoms with E-state index in [-0.39, 0.29) is 0 Å². The van der Waals surface area contributed by atoms with Crippen molar-refractivity contribution in [2.24, 2.45) is 0 Å². The highest BCUT2D eigenvalue weighted by molar-refractivity contribution is 5.48. The Morgan fingerprint density at radius 1 is 1.17 bits per heavy atom. The van der Waals surface area contributed by atoms with Gasteiger partial charge in [-0.25, -0.2) is 0 Å². The summed E-state index contributed by atoms with van der Waals surface area (Å²) < 4.78 is 5.41. The first-order valence-electron chi connectivity index (χ1n) is 6.91. The first kappa shape index (κ1) is 13.4. The average Bonchev–Trinajstić information content (AvgIpc) is 2.40. The molecule has 3 nitrogen and oxygen atoms in total. The van der Waals surface area contributed by atoms with Crippen LogP contribution in [0.4, 0.5) is 5.69 Å². The van der Waals surface area contributed by atoms with Gasteiger partial charge in [0.25, 0.3) is 0 Å². The Balaban J connectivity index is 1.79. The fourth-order valence-corrected chi connectivity index (χ4v) is 2.39. The van der Waals surface area contributed by atoms with Crippen LogP contribution in [0.5, 0.6) is 0 Å². The number of hydrogen-bond acceptors (Lipinski definition) is 3. The smallest absolute Gasteiger partial charge is 0.0593 e. The van der Waals surface area contributed by atoms with Gasteiger partial charge in [-0.05, 0) is 31.5 Å². The number of piperazine rings is 1. The predicted octanol–water partition coefficient (Wildman–Crippen LogP) is 2.15. The highest BCUT2D eigenvalue weighted by Gasteiger charge is 2.16. The molecule has 0 N–H and O–H groups in total. The van der Waals surface area contributed by atoms with Crippen molar-refractivity contribution in [1.29, 1.82) is 0 Å². The van der Waals surface area contributed by atoms with Crippen molar-refractivity contribution in [2.45, 2.75) is 13.8 Å². The van der Waals surface area contributed by atoms with Gasteiger partial charge >= 0.3 is 0 Å². The highest BCUT2D eigenvalue weighted by atomic mass is 16.5. The summed E-state index contributed by atoms with van der Waals surface area (Å²) in [4.78, 5) is 4.96. The van der Waals surface area contributed by atoms with Crippen LogP contribution in [-0.2, 0) is 4.74 Å². The monoisotopic (exact) mass is 248 g/mol. The lowest BCUT2D eigenvalue weighted by Gasteiger charge is -2.36. The number of rotatable bonds is 5. The van der Waals surface area contributed by atoms with Crippen molar-refractivity contribution < 1.29 is 4.74 Å². The molecule has 0 bridgehead atoms. The molecule has 0 unspecified atom stereocenters. The summed E-state index contributed by atoms with van der Waals surface area (Å²) >= 11 is 0. The molecule has 1 aromatic carbocycles. The van der Waals surface area contributed by atoms with Crippen LogP contribution in [0, 0.1) is 6.92 Å². The van der Waals surface area contributed by atoms with Gasteiger partial charge in [0.15, 0.2) is 0 Å². The molecule has 0 aliphatic carbocycles. The Kier molecular flexibility index (Phi) is 5.02. The number of anilines is 1. The molecule has 0 amide bonds. The molecular weight excluding hydrogens is 224 g/mol. The number of benzene rings is 1. The Morgan fingerprint density at radius 2 is 1.94 bits per heavy atom. The maximum absolute atomic E-state index is 5.41. The number of aryl methyl sites for hydroxylation is 1. The van der Waals surface area contributed by atoms with Crippen molar-refractivity contribution in [3.8, 4) is 0 Å². The average molecular weight is 248 g/mol. The minimum absolute atomic E-state index is 0.823. The molecule has 1 aliphatic rings. The van der Waals surface area contributed by atoms with Gasteiger partial charge in [-0.3, -0.25) is 4.90 Å². The maximum Gasteiger partial charge on any atom is 0.0593 e. The van der Waals surface area contributed by atoms with E-state index in [1.807, 2.05) is 0 Å². The third kappa shape index (κ3) is 3.72. The molecule has 2 rings (SSSR count). The maximum atomic E-state index is 5.41. The Bertz CT molecular complexity index is 359. The topological polar surface area (TPSA) is 15.7 Å². The van der Waals surface area contributed by atoms with Crippen molar-refractivity contribution in [1.82, 2.24) is 4.90 Å². The van der Waals surface area contributed by atoms with Gasteiger partial charge in [0.1, 0.15) is 0 Å². The fourth-order valence-electron chi connectivity index (χ4n) is 2.39. The minimum atomic E-state index is 0.823. The van der Waals surface area contributed by atoms with E-state index in [4.69, 9.17) is 4.74 Å². The second kappa shape index (κ2) is 6.76. The molecular formula is C15H24N2O. The van der Waals surface area contributed by atoms with Crippen molar-refractivity contribution in [3.05, 3.63) is 29.8 Å². The zero-order valence-corrected chi connectivity index (χ0v) is 11.6. The number of ether oxygens (including phenoxy) is 1. The van der Waals surface area contributed by atoms with E-state index in [9.17, 15) is 0 Å². The van der Waals surface area contributed by atoms with E-state index in [0.29, 0.717) is 0 Å². The highest BCUT2D eigenvalue weighted by Crippen LogP contribution is 2.17. The van der Waals surface area contributed by atoms with E-state index >= 15 is 0 Å². The summed E-state index contributed by atoms with van der Waals surface area (Å²) in [5, 5.41) is 0. The van der Waals surface area contributed by atoms with E-state index in [0.717, 1.165) is 45.9 Å². The summed E-state index contributed by atoms with van der Waals surface area (Å²) in [6, 6.07) is 8.78. The zero-order valence-electron chi connectivity index (χ0n) is 11.6. The van der Waals surface area contributed by atoms with Crippen LogP contribution in [0.15, 0.2) is 24.3 Å². The van der Waals surface area contributed by atoms with Crippen LogP contribution in [0.1, 0.15) is 12.5 Å². The lowest BCUT2D eigenvalue weighted by atomic mass is 10.2. The molecule has 1 heterocycles. The molecule has 3 heteroatoms. The van der Waals surface area contributed by atoms with Gasteiger partial charge in [0.2, 0.25) is 0 Å². The Hall–Kier alpha value is -1.06. The fraction of sp³-hybridized carbons (Fsp3) is 0.600. The first-order chi connectivity index (χ1) is 8.79. The van der Waals surface area contributed by atoms with Crippen LogP contribution in [-0.4, -0.2) is 50.8 Å². The summed E-state index contributed by atoms with van der Waals surface area (Å²) in [5.41, 5.74) is 2.70. The molecule has 18 heavy (non-hydrogen) atoms. The lowest BCUT2D eigenvalue weighted by molar-refractivity contribution is 0.111. The van der Waals surface area contributed by atoms with Gasteiger partial charge in [0.05, 0.1) is 6.61 Å². The third-order valence-electron chi connectivity index (χ3n) is 3.50. The van der Waals surface area contributed by atoms with Gasteiger partial charge in [-0.2, -0.15) is 0 Å². The molecule has 1 aromatic rings. The molecule has 0 atom stereocenters. The van der Waals surface area contributed by atoms with Crippen LogP contribution in [0.2, 0.25) is 0 Å². The molecule has 0 spiro atoms. The molecule has 1 saturated heterocycles. The van der Waals surface area contributed by atoms with Crippen LogP contribution in [0.3, 0.4) is 0 Å². The molecule has 0 radical (unpaired) electrons. The third-order valence-corrected chi connectivity index (χ3v) is 3.50. The molecule has 100 valence electrons. The van der Waals surface area contributed by atoms with Gasteiger partial charge < -0.3 is 9.64 Å². The normalized spacial score (nSPS) is 17.1. The largest absolute Gasteiger partial charge is 0.380 e. The van der Waals surface area contributed by atoms with Crippen LogP contribution >= 0.6 is 0 Å². The minimum Gasteiger partial charge on any atom is -0.380 e. The molecule has 0 saturated carbocycles. The standard InChI is InChI=1S/C15H24N2O/c1-3-18-12-11-16-7-9-17(10-8-16)15-6-4-5-14(2)13-15/h4-6,13H,3,7-12H2,1-2H3. The summed E-state index contributed by atoms with van der Waals surface area (Å²) in [6.45, 7) is 11.5. The quantitative estimate of drug-likeness (QED) is 0.743. The molecule has 1 fully saturated rings. The second-order valence-electron chi connectivity index (χ2n) is 4.86. The van der Waals surface area contributed by atoms with Crippen molar-refractivity contribution in [2.75, 3.05) is 50.8 Å². The predicted molar refractivity (Wildman–Crippen MR) is 76.3 cm³/mol. The number of hydrogen-bond donors (Lipinski definition) is 0. The van der Waals surface area contributed by atoms with Crippen LogP contribution in [0.25, 0.3) is 0 Å². The molecule has 1 aliphatic heterocycles. The van der Waals surface area contributed by atoms with Gasteiger partial charge in [-0.1, -0.05) is 12.1 Å². The Morgan fingerprint density at radius 3 is 2.61 bits per heavy atom. The molecule has 0 aromatic heterocycles. The van der Waals surface area contributed by atoms with Crippen LogP contribution < -0.4 is 4.90 Å². The first-order valence-corrected chi connectivity index (χ1v) is 6.91. The van der Waals surface area contributed by atoms with Crippen molar-refractivity contribution in [3.63, 3.8) is 0 Å². The lowest BCUT2D eigenvalue weighted by Crippen LogP contribution is -2.47. The number of nitrogens with zero attached hydrogens (tertiary/aromatic N) is 2.